The third-order valence-electron chi connectivity index (χ3n) is 3.75. The number of carbonyl (C=O) groups excluding carboxylic acids is 1. The summed E-state index contributed by atoms with van der Waals surface area (Å²) in [6.45, 7) is 2.94. The van der Waals surface area contributed by atoms with Gasteiger partial charge >= 0.3 is 5.97 Å². The minimum atomic E-state index is -0.516. The van der Waals surface area contributed by atoms with Crippen LogP contribution < -0.4 is 5.32 Å². The quantitative estimate of drug-likeness (QED) is 0.775. The molecule has 0 bridgehead atoms. The number of pyridine rings is 1. The van der Waals surface area contributed by atoms with E-state index in [9.17, 15) is 4.79 Å². The van der Waals surface area contributed by atoms with E-state index in [-0.39, 0.29) is 5.97 Å². The van der Waals surface area contributed by atoms with Gasteiger partial charge in [0.2, 0.25) is 0 Å². The highest BCUT2D eigenvalue weighted by Gasteiger charge is 2.46. The maximum absolute atomic E-state index is 12.2. The van der Waals surface area contributed by atoms with Crippen molar-refractivity contribution in [2.45, 2.75) is 48.4 Å². The maximum atomic E-state index is 12.2. The predicted molar refractivity (Wildman–Crippen MR) is 88.5 cm³/mol. The first kappa shape index (κ1) is 16.8. The van der Waals surface area contributed by atoms with E-state index >= 15 is 0 Å². The van der Waals surface area contributed by atoms with E-state index in [1.54, 1.807) is 18.0 Å². The molecule has 116 valence electrons. The first-order valence-corrected chi connectivity index (χ1v) is 8.88. The van der Waals surface area contributed by atoms with Crippen LogP contribution in [0.15, 0.2) is 27.8 Å². The zero-order valence-corrected chi connectivity index (χ0v) is 14.8. The van der Waals surface area contributed by atoms with E-state index in [1.807, 2.05) is 12.1 Å². The molecule has 0 spiro atoms. The van der Waals surface area contributed by atoms with Crippen LogP contribution in [0, 0.1) is 0 Å². The van der Waals surface area contributed by atoms with Crippen molar-refractivity contribution in [1.82, 2.24) is 10.3 Å². The van der Waals surface area contributed by atoms with Gasteiger partial charge in [-0.15, -0.1) is 11.8 Å². The molecule has 1 fully saturated rings. The van der Waals surface area contributed by atoms with Gasteiger partial charge < -0.3 is 10.1 Å². The summed E-state index contributed by atoms with van der Waals surface area (Å²) in [5.41, 5.74) is -0.516. The molecule has 1 aliphatic carbocycles. The van der Waals surface area contributed by atoms with Crippen LogP contribution in [0.4, 0.5) is 0 Å². The third kappa shape index (κ3) is 4.20. The lowest BCUT2D eigenvalue weighted by molar-refractivity contribution is -0.148. The third-order valence-corrected chi connectivity index (χ3v) is 5.43. The molecule has 1 N–H and O–H groups in total. The lowest BCUT2D eigenvalue weighted by Gasteiger charge is -2.27. The Hall–Kier alpha value is -0.590. The van der Waals surface area contributed by atoms with Crippen molar-refractivity contribution in [3.63, 3.8) is 0 Å². The average molecular weight is 373 g/mol. The molecule has 2 atom stereocenters. The van der Waals surface area contributed by atoms with Crippen LogP contribution in [0.5, 0.6) is 0 Å². The highest BCUT2D eigenvalue weighted by Crippen LogP contribution is 2.40. The molecule has 0 aromatic carbocycles. The van der Waals surface area contributed by atoms with Gasteiger partial charge in [-0.2, -0.15) is 0 Å². The van der Waals surface area contributed by atoms with Crippen LogP contribution in [0.3, 0.4) is 0 Å². The van der Waals surface area contributed by atoms with Gasteiger partial charge in [0.1, 0.15) is 5.54 Å². The van der Waals surface area contributed by atoms with Crippen molar-refractivity contribution in [3.8, 4) is 0 Å². The number of hydrogen-bond acceptors (Lipinski definition) is 5. The number of thioether (sulfide) groups is 1. The molecule has 2 unspecified atom stereocenters. The van der Waals surface area contributed by atoms with Gasteiger partial charge in [-0.25, -0.2) is 4.98 Å². The summed E-state index contributed by atoms with van der Waals surface area (Å²) in [5.74, 6) is -0.136. The molecule has 6 heteroatoms. The summed E-state index contributed by atoms with van der Waals surface area (Å²) < 4.78 is 5.99. The summed E-state index contributed by atoms with van der Waals surface area (Å²) in [5, 5.41) is 4.79. The summed E-state index contributed by atoms with van der Waals surface area (Å²) in [4.78, 5) is 16.6. The number of carbonyl (C=O) groups is 1. The van der Waals surface area contributed by atoms with Crippen molar-refractivity contribution in [1.29, 1.82) is 0 Å². The molecule has 1 saturated carbocycles. The fourth-order valence-corrected chi connectivity index (χ4v) is 4.12. The number of nitrogens with one attached hydrogen (secondary N) is 1. The van der Waals surface area contributed by atoms with E-state index in [1.165, 1.54) is 7.11 Å². The molecular formula is C15H21BrN2O2S. The number of nitrogens with zero attached hydrogens (tertiary/aromatic N) is 1. The molecule has 1 heterocycles. The lowest BCUT2D eigenvalue weighted by Crippen LogP contribution is -2.51. The SMILES string of the molecule is CCCNC1(C(=O)OC)CCC(Sc2ccc(Br)cn2)C1. The second-order valence-electron chi connectivity index (χ2n) is 5.30. The molecule has 4 nitrogen and oxygen atoms in total. The minimum absolute atomic E-state index is 0.136. The molecule has 1 aromatic heterocycles. The number of aromatic nitrogens is 1. The monoisotopic (exact) mass is 372 g/mol. The molecule has 1 aromatic rings. The number of esters is 1. The van der Waals surface area contributed by atoms with Crippen LogP contribution in [-0.4, -0.2) is 35.4 Å². The molecule has 0 aliphatic heterocycles. The van der Waals surface area contributed by atoms with Crippen molar-refractivity contribution in [2.75, 3.05) is 13.7 Å². The van der Waals surface area contributed by atoms with Crippen LogP contribution in [0.25, 0.3) is 0 Å². The van der Waals surface area contributed by atoms with Gasteiger partial charge in [-0.05, 0) is 60.3 Å². The fourth-order valence-electron chi connectivity index (χ4n) is 2.68. The van der Waals surface area contributed by atoms with E-state index < -0.39 is 5.54 Å². The molecule has 0 saturated heterocycles. The molecule has 21 heavy (non-hydrogen) atoms. The predicted octanol–water partition coefficient (Wildman–Crippen LogP) is 3.40. The first-order valence-electron chi connectivity index (χ1n) is 7.21. The van der Waals surface area contributed by atoms with Gasteiger partial charge in [0.15, 0.2) is 0 Å². The minimum Gasteiger partial charge on any atom is -0.468 e. The Bertz CT molecular complexity index is 483. The molecule has 2 rings (SSSR count). The highest BCUT2D eigenvalue weighted by atomic mass is 79.9. The average Bonchev–Trinajstić information content (AvgIpc) is 2.91. The Kier molecular flexibility index (Phi) is 6.08. The van der Waals surface area contributed by atoms with Gasteiger partial charge in [0.25, 0.3) is 0 Å². The standard InChI is InChI=1S/C15H21BrN2O2S/c1-3-8-18-15(14(19)20-2)7-6-12(9-15)21-13-5-4-11(16)10-17-13/h4-5,10,12,18H,3,6-9H2,1-2H3. The Labute approximate surface area is 138 Å². The number of methoxy groups -OCH3 is 1. The second-order valence-corrected chi connectivity index (χ2v) is 7.53. The number of ether oxygens (including phenoxy) is 1. The van der Waals surface area contributed by atoms with E-state index in [0.717, 1.165) is 41.7 Å². The maximum Gasteiger partial charge on any atom is 0.326 e. The van der Waals surface area contributed by atoms with E-state index in [2.05, 4.69) is 33.2 Å². The van der Waals surface area contributed by atoms with Crippen molar-refractivity contribution in [2.24, 2.45) is 0 Å². The highest BCUT2D eigenvalue weighted by molar-refractivity contribution is 9.10. The summed E-state index contributed by atoms with van der Waals surface area (Å²) in [7, 11) is 1.47. The smallest absolute Gasteiger partial charge is 0.326 e. The topological polar surface area (TPSA) is 51.2 Å². The van der Waals surface area contributed by atoms with Gasteiger partial charge in [0.05, 0.1) is 12.1 Å². The zero-order valence-electron chi connectivity index (χ0n) is 12.4. The summed E-state index contributed by atoms with van der Waals surface area (Å²) in [6.07, 6.45) is 5.43. The zero-order chi connectivity index (χ0) is 15.3. The van der Waals surface area contributed by atoms with Crippen molar-refractivity contribution < 1.29 is 9.53 Å². The number of hydrogen-bond donors (Lipinski definition) is 1. The Morgan fingerprint density at radius 2 is 2.43 bits per heavy atom. The van der Waals surface area contributed by atoms with E-state index in [4.69, 9.17) is 4.74 Å². The normalized spacial score (nSPS) is 25.0. The van der Waals surface area contributed by atoms with Crippen molar-refractivity contribution in [3.05, 3.63) is 22.8 Å². The Morgan fingerprint density at radius 1 is 1.62 bits per heavy atom. The molecule has 0 radical (unpaired) electrons. The lowest BCUT2D eigenvalue weighted by atomic mass is 9.97. The van der Waals surface area contributed by atoms with Crippen LogP contribution in [0.1, 0.15) is 32.6 Å². The Morgan fingerprint density at radius 3 is 3.05 bits per heavy atom. The van der Waals surface area contributed by atoms with Crippen LogP contribution >= 0.6 is 27.7 Å². The molecule has 0 amide bonds. The summed E-state index contributed by atoms with van der Waals surface area (Å²) >= 11 is 5.13. The second kappa shape index (κ2) is 7.61. The molecular weight excluding hydrogens is 352 g/mol. The fraction of sp³-hybridized carbons (Fsp3) is 0.600. The molecule has 1 aliphatic rings. The largest absolute Gasteiger partial charge is 0.468 e. The first-order chi connectivity index (χ1) is 10.1. The summed E-state index contributed by atoms with van der Waals surface area (Å²) in [6, 6.07) is 4.00. The van der Waals surface area contributed by atoms with Gasteiger partial charge in [0, 0.05) is 15.9 Å². The number of halogens is 1. The van der Waals surface area contributed by atoms with Crippen molar-refractivity contribution >= 4 is 33.7 Å². The Balaban J connectivity index is 2.01. The van der Waals surface area contributed by atoms with E-state index in [0.29, 0.717) is 5.25 Å². The van der Waals surface area contributed by atoms with Gasteiger partial charge in [-0.1, -0.05) is 6.92 Å². The van der Waals surface area contributed by atoms with Crippen LogP contribution in [0.2, 0.25) is 0 Å². The number of rotatable bonds is 6. The van der Waals surface area contributed by atoms with Crippen LogP contribution in [-0.2, 0) is 9.53 Å². The van der Waals surface area contributed by atoms with Gasteiger partial charge in [-0.3, -0.25) is 4.79 Å².